The molecule has 21 heavy (non-hydrogen) atoms. The Labute approximate surface area is 125 Å². The lowest BCUT2D eigenvalue weighted by molar-refractivity contribution is -0.384. The van der Waals surface area contributed by atoms with E-state index in [9.17, 15) is 14.9 Å². The lowest BCUT2D eigenvalue weighted by Crippen LogP contribution is -2.15. The van der Waals surface area contributed by atoms with Crippen molar-refractivity contribution >= 4 is 28.9 Å². The average molecular weight is 306 g/mol. The van der Waals surface area contributed by atoms with Crippen molar-refractivity contribution in [1.82, 2.24) is 4.98 Å². The molecule has 1 heterocycles. The van der Waals surface area contributed by atoms with E-state index in [4.69, 9.17) is 11.6 Å². The van der Waals surface area contributed by atoms with Crippen LogP contribution in [0.2, 0.25) is 5.02 Å². The summed E-state index contributed by atoms with van der Waals surface area (Å²) in [6.07, 6.45) is 1.39. The van der Waals surface area contributed by atoms with Crippen molar-refractivity contribution in [3.8, 4) is 0 Å². The minimum Gasteiger partial charge on any atom is -0.315 e. The zero-order valence-corrected chi connectivity index (χ0v) is 12.1. The van der Waals surface area contributed by atoms with Crippen molar-refractivity contribution in [2.45, 2.75) is 13.8 Å². The standard InChI is InChI=1S/C14H12ClN3O3/c1-8-5-11(13(18(20)21)6-9(8)2)17-14(19)12-7-10(15)3-4-16-12/h3-7H,1-2H3,(H,17,19). The molecule has 0 saturated heterocycles. The Morgan fingerprint density at radius 2 is 1.95 bits per heavy atom. The van der Waals surface area contributed by atoms with Crippen LogP contribution in [0.3, 0.4) is 0 Å². The summed E-state index contributed by atoms with van der Waals surface area (Å²) in [6.45, 7) is 3.58. The van der Waals surface area contributed by atoms with Crippen LogP contribution in [-0.4, -0.2) is 15.8 Å². The van der Waals surface area contributed by atoms with Gasteiger partial charge in [-0.2, -0.15) is 0 Å². The van der Waals surface area contributed by atoms with Gasteiger partial charge < -0.3 is 5.32 Å². The van der Waals surface area contributed by atoms with Crippen molar-refractivity contribution in [3.63, 3.8) is 0 Å². The van der Waals surface area contributed by atoms with Crippen LogP contribution in [0, 0.1) is 24.0 Å². The number of rotatable bonds is 3. The second kappa shape index (κ2) is 5.88. The molecule has 7 heteroatoms. The number of nitrogens with zero attached hydrogens (tertiary/aromatic N) is 2. The highest BCUT2D eigenvalue weighted by Crippen LogP contribution is 2.28. The van der Waals surface area contributed by atoms with E-state index in [1.807, 2.05) is 6.92 Å². The molecule has 0 spiro atoms. The fraction of sp³-hybridized carbons (Fsp3) is 0.143. The number of carbonyl (C=O) groups is 1. The molecular formula is C14H12ClN3O3. The molecule has 0 fully saturated rings. The first-order chi connectivity index (χ1) is 9.88. The molecular weight excluding hydrogens is 294 g/mol. The van der Waals surface area contributed by atoms with Crippen molar-refractivity contribution < 1.29 is 9.72 Å². The minimum atomic E-state index is -0.552. The number of aromatic nitrogens is 1. The molecule has 0 radical (unpaired) electrons. The van der Waals surface area contributed by atoms with Gasteiger partial charge in [-0.15, -0.1) is 0 Å². The lowest BCUT2D eigenvalue weighted by atomic mass is 10.1. The highest BCUT2D eigenvalue weighted by molar-refractivity contribution is 6.31. The number of nitro benzene ring substituents is 1. The summed E-state index contributed by atoms with van der Waals surface area (Å²) in [4.78, 5) is 26.5. The Kier molecular flexibility index (Phi) is 4.18. The van der Waals surface area contributed by atoms with Crippen LogP contribution in [0.5, 0.6) is 0 Å². The first-order valence-corrected chi connectivity index (χ1v) is 6.45. The molecule has 2 aromatic rings. The Bertz CT molecular complexity index is 731. The molecule has 0 unspecified atom stereocenters. The highest BCUT2D eigenvalue weighted by Gasteiger charge is 2.18. The van der Waals surface area contributed by atoms with Gasteiger partial charge in [0, 0.05) is 17.3 Å². The second-order valence-electron chi connectivity index (χ2n) is 4.52. The number of nitrogens with one attached hydrogen (secondary N) is 1. The van der Waals surface area contributed by atoms with Gasteiger partial charge in [0.2, 0.25) is 0 Å². The summed E-state index contributed by atoms with van der Waals surface area (Å²) in [5.74, 6) is -0.552. The summed E-state index contributed by atoms with van der Waals surface area (Å²) in [7, 11) is 0. The Morgan fingerprint density at radius 1 is 1.29 bits per heavy atom. The fourth-order valence-corrected chi connectivity index (χ4v) is 1.93. The summed E-state index contributed by atoms with van der Waals surface area (Å²) >= 11 is 5.79. The average Bonchev–Trinajstić information content (AvgIpc) is 2.42. The van der Waals surface area contributed by atoms with E-state index in [0.29, 0.717) is 5.02 Å². The molecule has 1 N–H and O–H groups in total. The summed E-state index contributed by atoms with van der Waals surface area (Å²) in [5, 5.41) is 13.9. The van der Waals surface area contributed by atoms with E-state index in [-0.39, 0.29) is 17.1 Å². The van der Waals surface area contributed by atoms with Crippen molar-refractivity contribution in [3.05, 3.63) is 62.4 Å². The highest BCUT2D eigenvalue weighted by atomic mass is 35.5. The number of hydrogen-bond donors (Lipinski definition) is 1. The van der Waals surface area contributed by atoms with Gasteiger partial charge in [-0.1, -0.05) is 11.6 Å². The van der Waals surface area contributed by atoms with Gasteiger partial charge in [0.05, 0.1) is 4.92 Å². The third kappa shape index (κ3) is 3.35. The monoisotopic (exact) mass is 305 g/mol. The molecule has 0 aliphatic carbocycles. The Balaban J connectivity index is 2.37. The van der Waals surface area contributed by atoms with E-state index in [2.05, 4.69) is 10.3 Å². The van der Waals surface area contributed by atoms with Gasteiger partial charge in [-0.05, 0) is 43.2 Å². The SMILES string of the molecule is Cc1cc(NC(=O)c2cc(Cl)ccn2)c([N+](=O)[O-])cc1C. The normalized spacial score (nSPS) is 10.2. The molecule has 2 rings (SSSR count). The first kappa shape index (κ1) is 14.9. The maximum Gasteiger partial charge on any atom is 0.293 e. The van der Waals surface area contributed by atoms with Crippen molar-refractivity contribution in [2.75, 3.05) is 5.32 Å². The van der Waals surface area contributed by atoms with Crippen LogP contribution in [0.15, 0.2) is 30.5 Å². The number of nitro groups is 1. The maximum atomic E-state index is 12.1. The quantitative estimate of drug-likeness (QED) is 0.694. The number of aryl methyl sites for hydroxylation is 2. The van der Waals surface area contributed by atoms with E-state index < -0.39 is 10.8 Å². The number of benzene rings is 1. The van der Waals surface area contributed by atoms with Crippen molar-refractivity contribution in [2.24, 2.45) is 0 Å². The van der Waals surface area contributed by atoms with E-state index in [0.717, 1.165) is 11.1 Å². The van der Waals surface area contributed by atoms with E-state index in [1.54, 1.807) is 13.0 Å². The topological polar surface area (TPSA) is 85.1 Å². The summed E-state index contributed by atoms with van der Waals surface area (Å²) in [6, 6.07) is 5.92. The number of pyridine rings is 1. The predicted molar refractivity (Wildman–Crippen MR) is 79.8 cm³/mol. The predicted octanol–water partition coefficient (Wildman–Crippen LogP) is 3.51. The van der Waals surface area contributed by atoms with Crippen LogP contribution in [0.25, 0.3) is 0 Å². The lowest BCUT2D eigenvalue weighted by Gasteiger charge is -2.08. The number of halogens is 1. The Morgan fingerprint density at radius 3 is 2.57 bits per heavy atom. The van der Waals surface area contributed by atoms with Crippen LogP contribution in [-0.2, 0) is 0 Å². The largest absolute Gasteiger partial charge is 0.315 e. The van der Waals surface area contributed by atoms with E-state index >= 15 is 0 Å². The third-order valence-corrected chi connectivity index (χ3v) is 3.25. The zero-order valence-electron chi connectivity index (χ0n) is 11.4. The van der Waals surface area contributed by atoms with Crippen molar-refractivity contribution in [1.29, 1.82) is 0 Å². The van der Waals surface area contributed by atoms with Crippen LogP contribution < -0.4 is 5.32 Å². The molecule has 108 valence electrons. The smallest absolute Gasteiger partial charge is 0.293 e. The van der Waals surface area contributed by atoms with Gasteiger partial charge in [0.1, 0.15) is 11.4 Å². The summed E-state index contributed by atoms with van der Waals surface area (Å²) < 4.78 is 0. The molecule has 6 nitrogen and oxygen atoms in total. The number of hydrogen-bond acceptors (Lipinski definition) is 4. The zero-order chi connectivity index (χ0) is 15.6. The Hall–Kier alpha value is -2.47. The first-order valence-electron chi connectivity index (χ1n) is 6.07. The second-order valence-corrected chi connectivity index (χ2v) is 4.96. The third-order valence-electron chi connectivity index (χ3n) is 3.01. The molecule has 0 aliphatic rings. The number of anilines is 1. The number of amides is 1. The number of carbonyl (C=O) groups excluding carboxylic acids is 1. The maximum absolute atomic E-state index is 12.1. The fourth-order valence-electron chi connectivity index (χ4n) is 1.77. The van der Waals surface area contributed by atoms with Crippen LogP contribution in [0.4, 0.5) is 11.4 Å². The van der Waals surface area contributed by atoms with Gasteiger partial charge in [-0.3, -0.25) is 19.9 Å². The van der Waals surface area contributed by atoms with Crippen LogP contribution >= 0.6 is 11.6 Å². The van der Waals surface area contributed by atoms with E-state index in [1.165, 1.54) is 24.4 Å². The van der Waals surface area contributed by atoms with Gasteiger partial charge in [-0.25, -0.2) is 0 Å². The molecule has 0 saturated carbocycles. The molecule has 0 bridgehead atoms. The molecule has 0 aliphatic heterocycles. The van der Waals surface area contributed by atoms with Crippen LogP contribution in [0.1, 0.15) is 21.6 Å². The summed E-state index contributed by atoms with van der Waals surface area (Å²) in [5.41, 5.74) is 1.69. The van der Waals surface area contributed by atoms with Gasteiger partial charge in [0.25, 0.3) is 11.6 Å². The minimum absolute atomic E-state index is 0.0926. The molecule has 1 amide bonds. The van der Waals surface area contributed by atoms with Gasteiger partial charge in [0.15, 0.2) is 0 Å². The van der Waals surface area contributed by atoms with Gasteiger partial charge >= 0.3 is 0 Å². The molecule has 1 aromatic heterocycles. The molecule has 0 atom stereocenters. The molecule has 1 aromatic carbocycles.